The number of hydrogen-bond acceptors (Lipinski definition) is 3. The zero-order valence-electron chi connectivity index (χ0n) is 10.8. The van der Waals surface area contributed by atoms with Crippen LogP contribution in [0.4, 0.5) is 0 Å². The van der Waals surface area contributed by atoms with E-state index in [4.69, 9.17) is 0 Å². The van der Waals surface area contributed by atoms with Gasteiger partial charge in [0.1, 0.15) is 0 Å². The Hall–Kier alpha value is -2.00. The summed E-state index contributed by atoms with van der Waals surface area (Å²) in [6.07, 6.45) is 0.860. The smallest absolute Gasteiger partial charge is 0.157 e. The number of rotatable bonds is 2. The number of fused-ring (bicyclic) bond motifs is 1. The molecule has 0 heterocycles. The predicted molar refractivity (Wildman–Crippen MR) is 74.6 cm³/mol. The maximum Gasteiger partial charge on any atom is 0.157 e. The molecule has 98 valence electrons. The molecule has 2 aromatic carbocycles. The summed E-state index contributed by atoms with van der Waals surface area (Å²) in [5.41, 5.74) is 3.43. The largest absolute Gasteiger partial charge is 0.504 e. The van der Waals surface area contributed by atoms with E-state index in [1.54, 1.807) is 12.1 Å². The predicted octanol–water partition coefficient (Wildman–Crippen LogP) is 2.37. The van der Waals surface area contributed by atoms with E-state index in [1.165, 1.54) is 5.56 Å². The minimum absolute atomic E-state index is 0.0395. The third kappa shape index (κ3) is 1.96. The van der Waals surface area contributed by atoms with Crippen molar-refractivity contribution in [3.05, 3.63) is 59.2 Å². The molecule has 0 unspecified atom stereocenters. The van der Waals surface area contributed by atoms with Crippen molar-refractivity contribution in [2.45, 2.75) is 18.4 Å². The van der Waals surface area contributed by atoms with Gasteiger partial charge in [0.2, 0.25) is 0 Å². The average Bonchev–Trinajstić information content (AvgIpc) is 2.78. The molecule has 0 radical (unpaired) electrons. The Kier molecular flexibility index (Phi) is 2.91. The Labute approximate surface area is 112 Å². The summed E-state index contributed by atoms with van der Waals surface area (Å²) in [6, 6.07) is 13.9. The van der Waals surface area contributed by atoms with Crippen LogP contribution in [0.5, 0.6) is 11.5 Å². The second-order valence-corrected chi connectivity index (χ2v) is 5.03. The molecule has 3 nitrogen and oxygen atoms in total. The molecule has 0 amide bonds. The number of likely N-dealkylation sites (N-methyl/N-ethyl adjacent to an activating group) is 1. The van der Waals surface area contributed by atoms with Crippen molar-refractivity contribution < 1.29 is 10.2 Å². The first-order valence-corrected chi connectivity index (χ1v) is 6.47. The molecule has 0 saturated carbocycles. The van der Waals surface area contributed by atoms with Crippen molar-refractivity contribution >= 4 is 0 Å². The molecule has 0 fully saturated rings. The fourth-order valence-electron chi connectivity index (χ4n) is 3.02. The number of aromatic hydroxyl groups is 2. The number of phenolic OH excluding ortho intramolecular Hbond substituents is 2. The van der Waals surface area contributed by atoms with E-state index in [0.717, 1.165) is 17.5 Å². The van der Waals surface area contributed by atoms with Crippen LogP contribution >= 0.6 is 0 Å². The molecular weight excluding hydrogens is 238 g/mol. The van der Waals surface area contributed by atoms with Crippen molar-refractivity contribution in [3.63, 3.8) is 0 Å². The molecule has 2 aromatic rings. The lowest BCUT2D eigenvalue weighted by molar-refractivity contribution is 0.403. The maximum absolute atomic E-state index is 9.74. The summed E-state index contributed by atoms with van der Waals surface area (Å²) < 4.78 is 0. The normalized spacial score (nSPS) is 21.3. The second kappa shape index (κ2) is 4.59. The van der Waals surface area contributed by atoms with Crippen molar-refractivity contribution in [2.24, 2.45) is 0 Å². The molecule has 0 aromatic heterocycles. The Bertz CT molecular complexity index is 595. The van der Waals surface area contributed by atoms with E-state index in [1.807, 2.05) is 25.2 Å². The molecular formula is C16H17NO2. The van der Waals surface area contributed by atoms with Gasteiger partial charge in [0.05, 0.1) is 0 Å². The Morgan fingerprint density at radius 3 is 2.42 bits per heavy atom. The van der Waals surface area contributed by atoms with Gasteiger partial charge in [0, 0.05) is 12.0 Å². The fourth-order valence-corrected chi connectivity index (χ4v) is 3.02. The van der Waals surface area contributed by atoms with Crippen LogP contribution in [0.25, 0.3) is 0 Å². The summed E-state index contributed by atoms with van der Waals surface area (Å²) in [5.74, 6) is 0.131. The molecule has 1 aliphatic rings. The molecule has 19 heavy (non-hydrogen) atoms. The third-order valence-corrected chi connectivity index (χ3v) is 3.94. The number of phenols is 2. The molecule has 3 rings (SSSR count). The van der Waals surface area contributed by atoms with Crippen molar-refractivity contribution in [1.82, 2.24) is 5.32 Å². The van der Waals surface area contributed by atoms with Crippen molar-refractivity contribution in [3.8, 4) is 11.5 Å². The summed E-state index contributed by atoms with van der Waals surface area (Å²) >= 11 is 0. The zero-order valence-corrected chi connectivity index (χ0v) is 10.8. The van der Waals surface area contributed by atoms with Gasteiger partial charge in [0.15, 0.2) is 11.5 Å². The SMILES string of the molecule is CN[C@@H]1Cc2cc(O)c(O)cc2[C@H]1c1ccccc1. The van der Waals surface area contributed by atoms with Crippen LogP contribution in [-0.2, 0) is 6.42 Å². The van der Waals surface area contributed by atoms with E-state index < -0.39 is 0 Å². The molecule has 1 aliphatic carbocycles. The van der Waals surface area contributed by atoms with Gasteiger partial charge in [-0.2, -0.15) is 0 Å². The minimum Gasteiger partial charge on any atom is -0.504 e. The summed E-state index contributed by atoms with van der Waals surface area (Å²) in [7, 11) is 1.95. The lowest BCUT2D eigenvalue weighted by Gasteiger charge is -2.20. The van der Waals surface area contributed by atoms with Gasteiger partial charge in [-0.15, -0.1) is 0 Å². The highest BCUT2D eigenvalue weighted by Crippen LogP contribution is 2.42. The maximum atomic E-state index is 9.74. The van der Waals surface area contributed by atoms with Crippen LogP contribution in [0, 0.1) is 0 Å². The molecule has 3 heteroatoms. The molecule has 2 atom stereocenters. The quantitative estimate of drug-likeness (QED) is 0.722. The summed E-state index contributed by atoms with van der Waals surface area (Å²) in [6.45, 7) is 0. The van der Waals surface area contributed by atoms with Crippen LogP contribution in [-0.4, -0.2) is 23.3 Å². The minimum atomic E-state index is -0.0450. The van der Waals surface area contributed by atoms with Crippen molar-refractivity contribution in [2.75, 3.05) is 7.05 Å². The average molecular weight is 255 g/mol. The van der Waals surface area contributed by atoms with Crippen LogP contribution < -0.4 is 5.32 Å². The van der Waals surface area contributed by atoms with E-state index >= 15 is 0 Å². The van der Waals surface area contributed by atoms with Crippen LogP contribution in [0.3, 0.4) is 0 Å². The first kappa shape index (κ1) is 12.1. The monoisotopic (exact) mass is 255 g/mol. The van der Waals surface area contributed by atoms with Gasteiger partial charge in [-0.05, 0) is 42.3 Å². The summed E-state index contributed by atoms with van der Waals surface area (Å²) in [5, 5.41) is 22.7. The van der Waals surface area contributed by atoms with Crippen LogP contribution in [0.2, 0.25) is 0 Å². The Morgan fingerprint density at radius 1 is 1.05 bits per heavy atom. The van der Waals surface area contributed by atoms with E-state index in [9.17, 15) is 10.2 Å². The van der Waals surface area contributed by atoms with Gasteiger partial charge in [0.25, 0.3) is 0 Å². The standard InChI is InChI=1S/C16H17NO2/c1-17-13-7-11-8-14(18)15(19)9-12(11)16(13)10-5-3-2-4-6-10/h2-6,8-9,13,16-19H,7H2,1H3/t13-,16-/m1/s1. The van der Waals surface area contributed by atoms with Crippen LogP contribution in [0.15, 0.2) is 42.5 Å². The Balaban J connectivity index is 2.12. The topological polar surface area (TPSA) is 52.5 Å². The number of benzene rings is 2. The molecule has 3 N–H and O–H groups in total. The zero-order chi connectivity index (χ0) is 13.4. The lowest BCUT2D eigenvalue weighted by Crippen LogP contribution is -2.29. The van der Waals surface area contributed by atoms with E-state index in [0.29, 0.717) is 6.04 Å². The highest BCUT2D eigenvalue weighted by Gasteiger charge is 2.33. The molecule has 0 aliphatic heterocycles. The van der Waals surface area contributed by atoms with Crippen LogP contribution in [0.1, 0.15) is 22.6 Å². The fraction of sp³-hybridized carbons (Fsp3) is 0.250. The second-order valence-electron chi connectivity index (χ2n) is 5.03. The van der Waals surface area contributed by atoms with Crippen molar-refractivity contribution in [1.29, 1.82) is 0 Å². The highest BCUT2D eigenvalue weighted by atomic mass is 16.3. The number of hydrogen-bond donors (Lipinski definition) is 3. The first-order chi connectivity index (χ1) is 9.20. The number of nitrogens with one attached hydrogen (secondary N) is 1. The molecule has 0 bridgehead atoms. The molecule has 0 spiro atoms. The van der Waals surface area contributed by atoms with Gasteiger partial charge in [-0.1, -0.05) is 30.3 Å². The molecule has 0 saturated heterocycles. The van der Waals surface area contributed by atoms with Gasteiger partial charge < -0.3 is 15.5 Å². The Morgan fingerprint density at radius 2 is 1.74 bits per heavy atom. The lowest BCUT2D eigenvalue weighted by atomic mass is 9.90. The van der Waals surface area contributed by atoms with E-state index in [2.05, 4.69) is 17.4 Å². The third-order valence-electron chi connectivity index (χ3n) is 3.94. The van der Waals surface area contributed by atoms with E-state index in [-0.39, 0.29) is 17.4 Å². The highest BCUT2D eigenvalue weighted by molar-refractivity contribution is 5.53. The summed E-state index contributed by atoms with van der Waals surface area (Å²) in [4.78, 5) is 0. The van der Waals surface area contributed by atoms with Gasteiger partial charge >= 0.3 is 0 Å². The van der Waals surface area contributed by atoms with Gasteiger partial charge in [-0.25, -0.2) is 0 Å². The van der Waals surface area contributed by atoms with Gasteiger partial charge in [-0.3, -0.25) is 0 Å². The first-order valence-electron chi connectivity index (χ1n) is 6.47.